The number of hydrogen-bond acceptors (Lipinski definition) is 4. The zero-order valence-corrected chi connectivity index (χ0v) is 17.5. The lowest BCUT2D eigenvalue weighted by Gasteiger charge is -2.06. The van der Waals surface area contributed by atoms with Gasteiger partial charge in [-0.15, -0.1) is 11.3 Å². The number of rotatable bonds is 5. The molecule has 2 N–H and O–H groups in total. The van der Waals surface area contributed by atoms with Crippen molar-refractivity contribution in [1.82, 2.24) is 10.3 Å². The lowest BCUT2D eigenvalue weighted by atomic mass is 10.2. The largest absolute Gasteiger partial charge is 0.496 e. The van der Waals surface area contributed by atoms with E-state index >= 15 is 0 Å². The molecule has 0 saturated carbocycles. The molecule has 30 heavy (non-hydrogen) atoms. The first-order valence-corrected chi connectivity index (χ1v) is 10.3. The number of hydrogen-bond donors (Lipinski definition) is 2. The van der Waals surface area contributed by atoms with Gasteiger partial charge in [0.2, 0.25) is 0 Å². The molecule has 0 fully saturated rings. The van der Waals surface area contributed by atoms with E-state index in [9.17, 15) is 4.79 Å². The molecular formula is C24H21N3O2S. The molecule has 0 aliphatic rings. The average Bonchev–Trinajstić information content (AvgIpc) is 3.18. The van der Waals surface area contributed by atoms with E-state index in [1.165, 1.54) is 10.3 Å². The summed E-state index contributed by atoms with van der Waals surface area (Å²) in [7, 11) is 1.62. The lowest BCUT2D eigenvalue weighted by Crippen LogP contribution is -2.23. The summed E-state index contributed by atoms with van der Waals surface area (Å²) in [4.78, 5) is 16.8. The van der Waals surface area contributed by atoms with Crippen LogP contribution in [0.3, 0.4) is 0 Å². The zero-order valence-electron chi connectivity index (χ0n) is 16.7. The van der Waals surface area contributed by atoms with Gasteiger partial charge in [-0.1, -0.05) is 24.3 Å². The number of aryl methyl sites for hydroxylation is 1. The van der Waals surface area contributed by atoms with Gasteiger partial charge in [0, 0.05) is 23.0 Å². The van der Waals surface area contributed by atoms with E-state index in [0.29, 0.717) is 5.69 Å². The Labute approximate surface area is 179 Å². The van der Waals surface area contributed by atoms with Crippen molar-refractivity contribution in [2.75, 3.05) is 12.4 Å². The Balaban J connectivity index is 1.39. The number of nitrogens with zero attached hydrogens (tertiary/aromatic N) is 1. The van der Waals surface area contributed by atoms with Gasteiger partial charge in [-0.3, -0.25) is 0 Å². The van der Waals surface area contributed by atoms with Gasteiger partial charge in [0.25, 0.3) is 0 Å². The highest BCUT2D eigenvalue weighted by Crippen LogP contribution is 2.31. The third kappa shape index (κ3) is 4.50. The highest BCUT2D eigenvalue weighted by molar-refractivity contribution is 7.21. The fraction of sp³-hybridized carbons (Fsp3) is 0.0833. The van der Waals surface area contributed by atoms with Gasteiger partial charge in [0.15, 0.2) is 0 Å². The first-order chi connectivity index (χ1) is 14.6. The molecule has 0 aliphatic heterocycles. The van der Waals surface area contributed by atoms with E-state index < -0.39 is 0 Å². The number of methoxy groups -OCH3 is 1. The van der Waals surface area contributed by atoms with E-state index in [1.54, 1.807) is 30.7 Å². The normalized spacial score (nSPS) is 11.0. The molecule has 150 valence electrons. The maximum Gasteiger partial charge on any atom is 0.323 e. The Kier molecular flexibility index (Phi) is 5.77. The molecule has 4 aromatic rings. The van der Waals surface area contributed by atoms with Crippen molar-refractivity contribution in [1.29, 1.82) is 0 Å². The highest BCUT2D eigenvalue weighted by Gasteiger charge is 2.07. The average molecular weight is 416 g/mol. The molecule has 0 saturated heterocycles. The van der Waals surface area contributed by atoms with E-state index in [-0.39, 0.29) is 6.03 Å². The van der Waals surface area contributed by atoms with E-state index in [1.807, 2.05) is 54.6 Å². The van der Waals surface area contributed by atoms with E-state index in [4.69, 9.17) is 9.72 Å². The fourth-order valence-corrected chi connectivity index (χ4v) is 4.10. The number of ether oxygens (including phenoxy) is 1. The molecule has 0 unspecified atom stereocenters. The summed E-state index contributed by atoms with van der Waals surface area (Å²) < 4.78 is 6.46. The number of amides is 2. The summed E-state index contributed by atoms with van der Waals surface area (Å²) >= 11 is 1.67. The van der Waals surface area contributed by atoms with Crippen molar-refractivity contribution in [2.24, 2.45) is 0 Å². The molecule has 0 spiro atoms. The molecule has 3 aromatic carbocycles. The first-order valence-electron chi connectivity index (χ1n) is 9.47. The van der Waals surface area contributed by atoms with Gasteiger partial charge in [0.1, 0.15) is 10.8 Å². The number of carbonyl (C=O) groups excluding carboxylic acids is 1. The monoisotopic (exact) mass is 415 g/mol. The molecule has 0 radical (unpaired) electrons. The maximum atomic E-state index is 12.1. The maximum absolute atomic E-state index is 12.1. The number of benzene rings is 3. The van der Waals surface area contributed by atoms with Crippen molar-refractivity contribution in [3.63, 3.8) is 0 Å². The van der Waals surface area contributed by atoms with Crippen molar-refractivity contribution in [2.45, 2.75) is 6.92 Å². The molecule has 2 amide bonds. The minimum atomic E-state index is -0.315. The van der Waals surface area contributed by atoms with Gasteiger partial charge in [0.05, 0.1) is 17.3 Å². The van der Waals surface area contributed by atoms with Crippen LogP contribution in [0.5, 0.6) is 5.75 Å². The summed E-state index contributed by atoms with van der Waals surface area (Å²) in [6.45, 7) is 2.08. The fourth-order valence-electron chi connectivity index (χ4n) is 3.03. The Hall–Kier alpha value is -3.64. The quantitative estimate of drug-likeness (QED) is 0.416. The zero-order chi connectivity index (χ0) is 20.9. The molecule has 0 aliphatic carbocycles. The van der Waals surface area contributed by atoms with Gasteiger partial charge in [-0.25, -0.2) is 9.78 Å². The number of anilines is 1. The van der Waals surface area contributed by atoms with Crippen LogP contribution < -0.4 is 15.4 Å². The van der Waals surface area contributed by atoms with Crippen LogP contribution in [-0.2, 0) is 0 Å². The molecule has 1 heterocycles. The van der Waals surface area contributed by atoms with Gasteiger partial charge in [-0.2, -0.15) is 0 Å². The van der Waals surface area contributed by atoms with Crippen molar-refractivity contribution < 1.29 is 9.53 Å². The van der Waals surface area contributed by atoms with E-state index in [2.05, 4.69) is 29.7 Å². The minimum absolute atomic E-state index is 0.315. The van der Waals surface area contributed by atoms with Crippen LogP contribution in [0.1, 0.15) is 11.1 Å². The Morgan fingerprint density at radius 1 is 1.07 bits per heavy atom. The molecule has 0 atom stereocenters. The lowest BCUT2D eigenvalue weighted by molar-refractivity contribution is 0.255. The summed E-state index contributed by atoms with van der Waals surface area (Å²) in [5.74, 6) is 0.747. The standard InChI is InChI=1S/C24H21N3O2S/c1-16-7-12-20-22(15-16)30-23(27-20)18-8-10-19(11-9-18)26-24(28)25-14-13-17-5-3-4-6-21(17)29-2/h3-15H,1-2H3,(H2,25,26,28)/b14-13+. The van der Waals surface area contributed by atoms with Crippen molar-refractivity contribution >= 4 is 39.3 Å². The van der Waals surface area contributed by atoms with Crippen LogP contribution in [0.4, 0.5) is 10.5 Å². The smallest absolute Gasteiger partial charge is 0.323 e. The molecule has 1 aromatic heterocycles. The second-order valence-corrected chi connectivity index (χ2v) is 7.77. The second kappa shape index (κ2) is 8.80. The topological polar surface area (TPSA) is 63.2 Å². The van der Waals surface area contributed by atoms with Crippen LogP contribution in [0.25, 0.3) is 26.9 Å². The first kappa shape index (κ1) is 19.7. The number of nitrogens with one attached hydrogen (secondary N) is 2. The second-order valence-electron chi connectivity index (χ2n) is 6.74. The summed E-state index contributed by atoms with van der Waals surface area (Å²) in [6.07, 6.45) is 3.38. The molecular weight excluding hydrogens is 394 g/mol. The predicted molar refractivity (Wildman–Crippen MR) is 124 cm³/mol. The summed E-state index contributed by atoms with van der Waals surface area (Å²) in [5, 5.41) is 6.49. The van der Waals surface area contributed by atoms with Crippen LogP contribution in [0.15, 0.2) is 72.9 Å². The predicted octanol–water partition coefficient (Wildman–Crippen LogP) is 6.07. The number of para-hydroxylation sites is 1. The Morgan fingerprint density at radius 2 is 1.87 bits per heavy atom. The molecule has 6 heteroatoms. The number of carbonyl (C=O) groups is 1. The van der Waals surface area contributed by atoms with Gasteiger partial charge in [-0.05, 0) is 61.0 Å². The molecule has 5 nitrogen and oxygen atoms in total. The van der Waals surface area contributed by atoms with Crippen LogP contribution in [0, 0.1) is 6.92 Å². The highest BCUT2D eigenvalue weighted by atomic mass is 32.1. The molecule has 4 rings (SSSR count). The number of fused-ring (bicyclic) bond motifs is 1. The number of thiazole rings is 1. The van der Waals surface area contributed by atoms with Crippen LogP contribution in [0.2, 0.25) is 0 Å². The molecule has 0 bridgehead atoms. The van der Waals surface area contributed by atoms with Gasteiger partial charge >= 0.3 is 6.03 Å². The van der Waals surface area contributed by atoms with Gasteiger partial charge < -0.3 is 15.4 Å². The number of aromatic nitrogens is 1. The van der Waals surface area contributed by atoms with Crippen molar-refractivity contribution in [3.8, 4) is 16.3 Å². The van der Waals surface area contributed by atoms with E-state index in [0.717, 1.165) is 27.4 Å². The van der Waals surface area contributed by atoms with Crippen LogP contribution in [-0.4, -0.2) is 18.1 Å². The summed E-state index contributed by atoms with van der Waals surface area (Å²) in [6, 6.07) is 21.2. The Morgan fingerprint density at radius 3 is 2.67 bits per heavy atom. The SMILES string of the molecule is COc1ccccc1/C=C/NC(=O)Nc1ccc(-c2nc3ccc(C)cc3s2)cc1. The third-order valence-corrected chi connectivity index (χ3v) is 5.62. The third-order valence-electron chi connectivity index (χ3n) is 4.55. The number of urea groups is 1. The minimum Gasteiger partial charge on any atom is -0.496 e. The van der Waals surface area contributed by atoms with Crippen LogP contribution >= 0.6 is 11.3 Å². The van der Waals surface area contributed by atoms with Crippen molar-refractivity contribution in [3.05, 3.63) is 84.1 Å². The Bertz CT molecular complexity index is 1210. The summed E-state index contributed by atoms with van der Waals surface area (Å²) in [5.41, 5.74) is 4.84.